The van der Waals surface area contributed by atoms with Gasteiger partial charge in [-0.25, -0.2) is 4.98 Å². The maximum Gasteiger partial charge on any atom is 0.219 e. The number of ether oxygens (including phenoxy) is 1. The SMILES string of the molecule is CCCc1ccc(Oc2ccc(C)cn2)cc1. The van der Waals surface area contributed by atoms with Crippen LogP contribution in [-0.4, -0.2) is 4.98 Å². The molecule has 0 aliphatic carbocycles. The summed E-state index contributed by atoms with van der Waals surface area (Å²) in [5.74, 6) is 1.47. The van der Waals surface area contributed by atoms with E-state index >= 15 is 0 Å². The van der Waals surface area contributed by atoms with Crippen molar-refractivity contribution in [3.8, 4) is 11.6 Å². The maximum absolute atomic E-state index is 5.66. The van der Waals surface area contributed by atoms with Crippen molar-refractivity contribution in [1.82, 2.24) is 4.98 Å². The quantitative estimate of drug-likeness (QED) is 0.783. The van der Waals surface area contributed by atoms with Crippen LogP contribution in [0.4, 0.5) is 0 Å². The second-order valence-electron chi connectivity index (χ2n) is 4.17. The third kappa shape index (κ3) is 3.31. The minimum absolute atomic E-state index is 0.638. The zero-order valence-corrected chi connectivity index (χ0v) is 10.3. The van der Waals surface area contributed by atoms with Gasteiger partial charge < -0.3 is 4.74 Å². The van der Waals surface area contributed by atoms with Gasteiger partial charge in [0.15, 0.2) is 0 Å². The summed E-state index contributed by atoms with van der Waals surface area (Å²) in [6.07, 6.45) is 4.09. The van der Waals surface area contributed by atoms with Gasteiger partial charge in [0.1, 0.15) is 5.75 Å². The molecule has 17 heavy (non-hydrogen) atoms. The van der Waals surface area contributed by atoms with E-state index in [0.717, 1.165) is 17.7 Å². The fourth-order valence-electron chi connectivity index (χ4n) is 1.65. The number of pyridine rings is 1. The molecule has 1 aromatic carbocycles. The van der Waals surface area contributed by atoms with Gasteiger partial charge in [0.05, 0.1) is 0 Å². The van der Waals surface area contributed by atoms with Crippen molar-refractivity contribution in [1.29, 1.82) is 0 Å². The van der Waals surface area contributed by atoms with Crippen LogP contribution >= 0.6 is 0 Å². The molecule has 1 aromatic heterocycles. The first-order chi connectivity index (χ1) is 8.28. The monoisotopic (exact) mass is 227 g/mol. The predicted molar refractivity (Wildman–Crippen MR) is 69.5 cm³/mol. The number of aryl methyl sites for hydroxylation is 2. The largest absolute Gasteiger partial charge is 0.439 e. The highest BCUT2D eigenvalue weighted by Crippen LogP contribution is 2.20. The molecule has 0 unspecified atom stereocenters. The second-order valence-corrected chi connectivity index (χ2v) is 4.17. The summed E-state index contributed by atoms with van der Waals surface area (Å²) in [7, 11) is 0. The van der Waals surface area contributed by atoms with Crippen molar-refractivity contribution in [3.63, 3.8) is 0 Å². The van der Waals surface area contributed by atoms with E-state index in [9.17, 15) is 0 Å². The molecule has 0 radical (unpaired) electrons. The average molecular weight is 227 g/mol. The van der Waals surface area contributed by atoms with E-state index in [0.29, 0.717) is 5.88 Å². The molecule has 0 saturated carbocycles. The van der Waals surface area contributed by atoms with E-state index in [-0.39, 0.29) is 0 Å². The number of nitrogens with zero attached hydrogens (tertiary/aromatic N) is 1. The molecule has 0 atom stereocenters. The Hall–Kier alpha value is -1.83. The second kappa shape index (κ2) is 5.48. The Morgan fingerprint density at radius 1 is 1.06 bits per heavy atom. The Labute approximate surface area is 102 Å². The molecule has 0 fully saturated rings. The highest BCUT2D eigenvalue weighted by Gasteiger charge is 1.98. The van der Waals surface area contributed by atoms with Crippen molar-refractivity contribution >= 4 is 0 Å². The van der Waals surface area contributed by atoms with E-state index in [1.54, 1.807) is 6.20 Å². The van der Waals surface area contributed by atoms with E-state index < -0.39 is 0 Å². The highest BCUT2D eigenvalue weighted by atomic mass is 16.5. The molecule has 88 valence electrons. The third-order valence-electron chi connectivity index (χ3n) is 2.57. The number of aromatic nitrogens is 1. The van der Waals surface area contributed by atoms with Crippen LogP contribution in [0.2, 0.25) is 0 Å². The van der Waals surface area contributed by atoms with E-state index in [2.05, 4.69) is 24.0 Å². The minimum Gasteiger partial charge on any atom is -0.439 e. The van der Waals surface area contributed by atoms with Gasteiger partial charge in [-0.2, -0.15) is 0 Å². The van der Waals surface area contributed by atoms with Gasteiger partial charge in [0.25, 0.3) is 0 Å². The topological polar surface area (TPSA) is 22.1 Å². The Kier molecular flexibility index (Phi) is 3.76. The molecule has 2 nitrogen and oxygen atoms in total. The van der Waals surface area contributed by atoms with Gasteiger partial charge in [-0.3, -0.25) is 0 Å². The lowest BCUT2D eigenvalue weighted by atomic mass is 10.1. The van der Waals surface area contributed by atoms with Crippen LogP contribution in [0.5, 0.6) is 11.6 Å². The predicted octanol–water partition coefficient (Wildman–Crippen LogP) is 4.13. The molecule has 0 bridgehead atoms. The van der Waals surface area contributed by atoms with Crippen LogP contribution in [0.15, 0.2) is 42.6 Å². The molecule has 0 N–H and O–H groups in total. The normalized spacial score (nSPS) is 10.2. The summed E-state index contributed by atoms with van der Waals surface area (Å²) in [6, 6.07) is 12.1. The Balaban J connectivity index is 2.05. The fourth-order valence-corrected chi connectivity index (χ4v) is 1.65. The summed E-state index contributed by atoms with van der Waals surface area (Å²) in [4.78, 5) is 4.21. The van der Waals surface area contributed by atoms with Crippen LogP contribution in [0, 0.1) is 6.92 Å². The zero-order valence-electron chi connectivity index (χ0n) is 10.3. The van der Waals surface area contributed by atoms with Gasteiger partial charge in [-0.1, -0.05) is 31.5 Å². The summed E-state index contributed by atoms with van der Waals surface area (Å²) in [6.45, 7) is 4.19. The van der Waals surface area contributed by atoms with Crippen molar-refractivity contribution < 1.29 is 4.74 Å². The molecule has 0 spiro atoms. The van der Waals surface area contributed by atoms with Crippen LogP contribution < -0.4 is 4.74 Å². The summed E-state index contributed by atoms with van der Waals surface area (Å²) in [5.41, 5.74) is 2.48. The number of hydrogen-bond acceptors (Lipinski definition) is 2. The number of hydrogen-bond donors (Lipinski definition) is 0. The van der Waals surface area contributed by atoms with Crippen LogP contribution in [0.25, 0.3) is 0 Å². The van der Waals surface area contributed by atoms with Crippen molar-refractivity contribution in [2.24, 2.45) is 0 Å². The lowest BCUT2D eigenvalue weighted by Gasteiger charge is -2.05. The Bertz CT molecular complexity index is 459. The van der Waals surface area contributed by atoms with Crippen LogP contribution in [0.1, 0.15) is 24.5 Å². The lowest BCUT2D eigenvalue weighted by Crippen LogP contribution is -1.89. The molecule has 0 saturated heterocycles. The molecule has 2 aromatic rings. The smallest absolute Gasteiger partial charge is 0.219 e. The maximum atomic E-state index is 5.66. The summed E-state index contributed by atoms with van der Waals surface area (Å²) < 4.78 is 5.66. The molecule has 1 heterocycles. The molecule has 2 rings (SSSR count). The van der Waals surface area contributed by atoms with Crippen molar-refractivity contribution in [2.45, 2.75) is 26.7 Å². The Morgan fingerprint density at radius 2 is 1.82 bits per heavy atom. The highest BCUT2D eigenvalue weighted by molar-refractivity contribution is 5.30. The summed E-state index contributed by atoms with van der Waals surface area (Å²) >= 11 is 0. The first-order valence-corrected chi connectivity index (χ1v) is 5.97. The van der Waals surface area contributed by atoms with Crippen LogP contribution in [0.3, 0.4) is 0 Å². The molecule has 0 aliphatic heterocycles. The summed E-state index contributed by atoms with van der Waals surface area (Å²) in [5, 5.41) is 0. The number of benzene rings is 1. The minimum atomic E-state index is 0.638. The average Bonchev–Trinajstić information content (AvgIpc) is 2.35. The Morgan fingerprint density at radius 3 is 2.41 bits per heavy atom. The van der Waals surface area contributed by atoms with Crippen molar-refractivity contribution in [2.75, 3.05) is 0 Å². The van der Waals surface area contributed by atoms with Crippen molar-refractivity contribution in [3.05, 3.63) is 53.7 Å². The van der Waals surface area contributed by atoms with E-state index in [1.807, 2.05) is 31.2 Å². The van der Waals surface area contributed by atoms with Gasteiger partial charge in [-0.05, 0) is 36.6 Å². The molecule has 0 aliphatic rings. The van der Waals surface area contributed by atoms with Gasteiger partial charge in [-0.15, -0.1) is 0 Å². The van der Waals surface area contributed by atoms with E-state index in [4.69, 9.17) is 4.74 Å². The first kappa shape index (κ1) is 11.6. The fraction of sp³-hybridized carbons (Fsp3) is 0.267. The van der Waals surface area contributed by atoms with E-state index in [1.165, 1.54) is 12.0 Å². The van der Waals surface area contributed by atoms with Gasteiger partial charge in [0.2, 0.25) is 5.88 Å². The first-order valence-electron chi connectivity index (χ1n) is 5.97. The lowest BCUT2D eigenvalue weighted by molar-refractivity contribution is 0.462. The van der Waals surface area contributed by atoms with Crippen LogP contribution in [-0.2, 0) is 6.42 Å². The molecular weight excluding hydrogens is 210 g/mol. The van der Waals surface area contributed by atoms with Gasteiger partial charge >= 0.3 is 0 Å². The molecule has 0 amide bonds. The molecule has 2 heteroatoms. The number of rotatable bonds is 4. The zero-order chi connectivity index (χ0) is 12.1. The standard InChI is InChI=1S/C15H17NO/c1-3-4-13-6-8-14(9-7-13)17-15-10-5-12(2)11-16-15/h5-11H,3-4H2,1-2H3. The molecular formula is C15H17NO. The third-order valence-corrected chi connectivity index (χ3v) is 2.57. The van der Waals surface area contributed by atoms with Gasteiger partial charge in [0, 0.05) is 12.3 Å².